The van der Waals surface area contributed by atoms with Crippen LogP contribution in [0.25, 0.3) is 22.3 Å². The molecule has 4 rings (SSSR count). The molecule has 4 aromatic rings. The molecule has 0 fully saturated rings. The number of aromatic nitrogens is 2. The van der Waals surface area contributed by atoms with Gasteiger partial charge in [0, 0.05) is 17.0 Å². The van der Waals surface area contributed by atoms with Crippen molar-refractivity contribution < 1.29 is 13.9 Å². The van der Waals surface area contributed by atoms with E-state index in [2.05, 4.69) is 9.97 Å². The number of nitrogens with zero attached hydrogens (tertiary/aromatic N) is 2. The lowest BCUT2D eigenvalue weighted by atomic mass is 10.1. The Morgan fingerprint density at radius 2 is 1.71 bits per heavy atom. The number of nitrogens with two attached hydrogens (primary N) is 1. The first-order valence-electron chi connectivity index (χ1n) is 8.71. The van der Waals surface area contributed by atoms with Crippen LogP contribution in [0, 0.1) is 5.82 Å². The first-order valence-corrected chi connectivity index (χ1v) is 8.71. The van der Waals surface area contributed by atoms with Crippen molar-refractivity contribution in [2.75, 3.05) is 12.8 Å². The van der Waals surface area contributed by atoms with Crippen molar-refractivity contribution in [1.82, 2.24) is 9.97 Å². The highest BCUT2D eigenvalue weighted by Gasteiger charge is 2.09. The van der Waals surface area contributed by atoms with Crippen LogP contribution in [-0.2, 0) is 6.61 Å². The topological polar surface area (TPSA) is 70.3 Å². The summed E-state index contributed by atoms with van der Waals surface area (Å²) in [4.78, 5) is 9.00. The number of hydrogen-bond acceptors (Lipinski definition) is 5. The fraction of sp³-hybridized carbons (Fsp3) is 0.0909. The Balaban J connectivity index is 1.56. The SMILES string of the molecule is COc1ccc2c(N)nc(-c3ccc(OCc4cccc(F)c4)cc3)nc2c1. The van der Waals surface area contributed by atoms with Gasteiger partial charge in [-0.05, 0) is 54.1 Å². The average molecular weight is 375 g/mol. The third kappa shape index (κ3) is 3.71. The largest absolute Gasteiger partial charge is 0.497 e. The van der Waals surface area contributed by atoms with E-state index in [4.69, 9.17) is 15.2 Å². The van der Waals surface area contributed by atoms with Crippen LogP contribution in [0.2, 0.25) is 0 Å². The summed E-state index contributed by atoms with van der Waals surface area (Å²) >= 11 is 0. The number of halogens is 1. The first kappa shape index (κ1) is 17.7. The predicted octanol–water partition coefficient (Wildman–Crippen LogP) is 4.61. The number of benzene rings is 3. The zero-order valence-electron chi connectivity index (χ0n) is 15.2. The average Bonchev–Trinajstić information content (AvgIpc) is 2.72. The maximum Gasteiger partial charge on any atom is 0.162 e. The van der Waals surface area contributed by atoms with Crippen LogP contribution in [0.15, 0.2) is 66.7 Å². The fourth-order valence-corrected chi connectivity index (χ4v) is 2.88. The molecule has 0 atom stereocenters. The van der Waals surface area contributed by atoms with Gasteiger partial charge in [0.1, 0.15) is 29.7 Å². The Hall–Kier alpha value is -3.67. The number of methoxy groups -OCH3 is 1. The lowest BCUT2D eigenvalue weighted by molar-refractivity contribution is 0.305. The monoisotopic (exact) mass is 375 g/mol. The molecule has 1 heterocycles. The van der Waals surface area contributed by atoms with Crippen LogP contribution < -0.4 is 15.2 Å². The first-order chi connectivity index (χ1) is 13.6. The smallest absolute Gasteiger partial charge is 0.162 e. The minimum absolute atomic E-state index is 0.279. The van der Waals surface area contributed by atoms with Crippen molar-refractivity contribution in [3.05, 3.63) is 78.1 Å². The van der Waals surface area contributed by atoms with E-state index in [9.17, 15) is 4.39 Å². The van der Waals surface area contributed by atoms with Crippen LogP contribution in [0.4, 0.5) is 10.2 Å². The van der Waals surface area contributed by atoms with Gasteiger partial charge in [-0.15, -0.1) is 0 Å². The molecule has 1 aromatic heterocycles. The summed E-state index contributed by atoms with van der Waals surface area (Å²) in [5.74, 6) is 2.03. The van der Waals surface area contributed by atoms with Crippen molar-refractivity contribution in [3.63, 3.8) is 0 Å². The van der Waals surface area contributed by atoms with Crippen LogP contribution in [-0.4, -0.2) is 17.1 Å². The molecule has 6 heteroatoms. The molecule has 2 N–H and O–H groups in total. The molecule has 0 aliphatic heterocycles. The molecule has 140 valence electrons. The maximum absolute atomic E-state index is 13.2. The van der Waals surface area contributed by atoms with E-state index < -0.39 is 0 Å². The van der Waals surface area contributed by atoms with E-state index in [1.54, 1.807) is 13.2 Å². The van der Waals surface area contributed by atoms with Crippen molar-refractivity contribution in [1.29, 1.82) is 0 Å². The molecule has 0 radical (unpaired) electrons. The molecule has 0 aliphatic carbocycles. The van der Waals surface area contributed by atoms with E-state index in [1.165, 1.54) is 12.1 Å². The van der Waals surface area contributed by atoms with E-state index in [-0.39, 0.29) is 12.4 Å². The molecule has 28 heavy (non-hydrogen) atoms. The van der Waals surface area contributed by atoms with Gasteiger partial charge in [0.15, 0.2) is 5.82 Å². The number of rotatable bonds is 5. The van der Waals surface area contributed by atoms with Gasteiger partial charge in [-0.3, -0.25) is 0 Å². The molecule has 5 nitrogen and oxygen atoms in total. The van der Waals surface area contributed by atoms with Gasteiger partial charge in [-0.2, -0.15) is 0 Å². The summed E-state index contributed by atoms with van der Waals surface area (Å²) in [6, 6.07) is 19.2. The van der Waals surface area contributed by atoms with Crippen molar-refractivity contribution in [2.24, 2.45) is 0 Å². The Bertz CT molecular complexity index is 1130. The molecule has 0 aliphatic rings. The van der Waals surface area contributed by atoms with Crippen LogP contribution in [0.5, 0.6) is 11.5 Å². The minimum atomic E-state index is -0.279. The van der Waals surface area contributed by atoms with Gasteiger partial charge in [-0.1, -0.05) is 12.1 Å². The molecule has 0 unspecified atom stereocenters. The number of nitrogen functional groups attached to an aromatic ring is 1. The van der Waals surface area contributed by atoms with E-state index in [1.807, 2.05) is 48.5 Å². The van der Waals surface area contributed by atoms with Gasteiger partial charge >= 0.3 is 0 Å². The van der Waals surface area contributed by atoms with Crippen LogP contribution >= 0.6 is 0 Å². The summed E-state index contributed by atoms with van der Waals surface area (Å²) in [6.45, 7) is 0.288. The number of ether oxygens (including phenoxy) is 2. The molecule has 0 spiro atoms. The van der Waals surface area contributed by atoms with Crippen LogP contribution in [0.3, 0.4) is 0 Å². The summed E-state index contributed by atoms with van der Waals surface area (Å²) in [5.41, 5.74) is 8.39. The molecule has 0 saturated carbocycles. The van der Waals surface area contributed by atoms with Crippen LogP contribution in [0.1, 0.15) is 5.56 Å². The Kier molecular flexibility index (Phi) is 4.76. The van der Waals surface area contributed by atoms with Gasteiger partial charge in [-0.25, -0.2) is 14.4 Å². The third-order valence-electron chi connectivity index (χ3n) is 4.34. The van der Waals surface area contributed by atoms with Crippen molar-refractivity contribution in [3.8, 4) is 22.9 Å². The summed E-state index contributed by atoms with van der Waals surface area (Å²) in [6.07, 6.45) is 0. The van der Waals surface area contributed by atoms with E-state index >= 15 is 0 Å². The second-order valence-corrected chi connectivity index (χ2v) is 6.26. The zero-order chi connectivity index (χ0) is 19.5. The van der Waals surface area contributed by atoms with Gasteiger partial charge < -0.3 is 15.2 Å². The highest BCUT2D eigenvalue weighted by molar-refractivity contribution is 5.90. The third-order valence-corrected chi connectivity index (χ3v) is 4.34. The lowest BCUT2D eigenvalue weighted by Gasteiger charge is -2.09. The highest BCUT2D eigenvalue weighted by atomic mass is 19.1. The molecule has 0 saturated heterocycles. The number of hydrogen-bond donors (Lipinski definition) is 1. The van der Waals surface area contributed by atoms with E-state index in [0.717, 1.165) is 16.5 Å². The molecular formula is C22H18FN3O2. The second kappa shape index (κ2) is 7.52. The number of fused-ring (bicyclic) bond motifs is 1. The lowest BCUT2D eigenvalue weighted by Crippen LogP contribution is -1.99. The summed E-state index contributed by atoms with van der Waals surface area (Å²) < 4.78 is 24.2. The Morgan fingerprint density at radius 3 is 2.46 bits per heavy atom. The predicted molar refractivity (Wildman–Crippen MR) is 107 cm³/mol. The van der Waals surface area contributed by atoms with E-state index in [0.29, 0.717) is 28.7 Å². The normalized spacial score (nSPS) is 10.8. The summed E-state index contributed by atoms with van der Waals surface area (Å²) in [5, 5.41) is 0.777. The Labute approximate surface area is 161 Å². The van der Waals surface area contributed by atoms with Crippen molar-refractivity contribution >= 4 is 16.7 Å². The second-order valence-electron chi connectivity index (χ2n) is 6.26. The quantitative estimate of drug-likeness (QED) is 0.552. The Morgan fingerprint density at radius 1 is 0.929 bits per heavy atom. The highest BCUT2D eigenvalue weighted by Crippen LogP contribution is 2.27. The molecular weight excluding hydrogens is 357 g/mol. The van der Waals surface area contributed by atoms with Gasteiger partial charge in [0.2, 0.25) is 0 Å². The molecule has 0 bridgehead atoms. The fourth-order valence-electron chi connectivity index (χ4n) is 2.88. The standard InChI is InChI=1S/C22H18FN3O2/c1-27-18-9-10-19-20(12-18)25-22(26-21(19)24)15-5-7-17(8-6-15)28-13-14-3-2-4-16(23)11-14/h2-12H,13H2,1H3,(H2,24,25,26). The molecule has 3 aromatic carbocycles. The minimum Gasteiger partial charge on any atom is -0.497 e. The molecule has 0 amide bonds. The van der Waals surface area contributed by atoms with Gasteiger partial charge in [0.05, 0.1) is 12.6 Å². The summed E-state index contributed by atoms with van der Waals surface area (Å²) in [7, 11) is 1.61. The van der Waals surface area contributed by atoms with Crippen molar-refractivity contribution in [2.45, 2.75) is 6.61 Å². The zero-order valence-corrected chi connectivity index (χ0v) is 15.2. The van der Waals surface area contributed by atoms with Gasteiger partial charge in [0.25, 0.3) is 0 Å². The number of anilines is 1. The maximum atomic E-state index is 13.2.